The van der Waals surface area contributed by atoms with Gasteiger partial charge in [-0.15, -0.1) is 0 Å². The molecule has 2 aromatic carbocycles. The summed E-state index contributed by atoms with van der Waals surface area (Å²) in [7, 11) is 0. The van der Waals surface area contributed by atoms with Crippen LogP contribution in [-0.2, 0) is 4.74 Å². The fourth-order valence-corrected chi connectivity index (χ4v) is 2.94. The van der Waals surface area contributed by atoms with Gasteiger partial charge in [0.05, 0.1) is 13.2 Å². The van der Waals surface area contributed by atoms with Crippen LogP contribution < -0.4 is 10.6 Å². The quantitative estimate of drug-likeness (QED) is 0.837. The minimum absolute atomic E-state index is 0.0823. The molecule has 2 aromatic rings. The van der Waals surface area contributed by atoms with E-state index in [-0.39, 0.29) is 5.91 Å². The van der Waals surface area contributed by atoms with Crippen molar-refractivity contribution in [2.45, 2.75) is 13.8 Å². The molecule has 26 heavy (non-hydrogen) atoms. The molecular weight excluding hydrogens is 326 g/mol. The average Bonchev–Trinajstić information content (AvgIpc) is 2.66. The van der Waals surface area contributed by atoms with E-state index in [9.17, 15) is 4.79 Å². The number of nitrogens with zero attached hydrogens (tertiary/aromatic N) is 1. The van der Waals surface area contributed by atoms with Crippen LogP contribution in [0.25, 0.3) is 0 Å². The zero-order valence-corrected chi connectivity index (χ0v) is 15.5. The van der Waals surface area contributed by atoms with Crippen molar-refractivity contribution in [3.8, 4) is 0 Å². The zero-order chi connectivity index (χ0) is 18.4. The maximum Gasteiger partial charge on any atom is 0.255 e. The summed E-state index contributed by atoms with van der Waals surface area (Å²) in [6.07, 6.45) is 0. The Labute approximate surface area is 155 Å². The third-order valence-corrected chi connectivity index (χ3v) is 4.77. The van der Waals surface area contributed by atoms with E-state index >= 15 is 0 Å². The van der Waals surface area contributed by atoms with Gasteiger partial charge in [0.25, 0.3) is 5.91 Å². The largest absolute Gasteiger partial charge is 0.384 e. The van der Waals surface area contributed by atoms with E-state index in [4.69, 9.17) is 4.74 Å². The van der Waals surface area contributed by atoms with Crippen molar-refractivity contribution in [1.29, 1.82) is 0 Å². The van der Waals surface area contributed by atoms with Crippen LogP contribution in [0.1, 0.15) is 21.5 Å². The van der Waals surface area contributed by atoms with Crippen molar-refractivity contribution in [2.24, 2.45) is 0 Å². The van der Waals surface area contributed by atoms with Crippen LogP contribution in [-0.4, -0.2) is 50.2 Å². The van der Waals surface area contributed by atoms with Crippen LogP contribution in [0.3, 0.4) is 0 Å². The number of amides is 1. The Balaban J connectivity index is 1.49. The second-order valence-electron chi connectivity index (χ2n) is 6.71. The fraction of sp³-hybridized carbons (Fsp3) is 0.381. The number of carbonyl (C=O) groups excluding carboxylic acids is 1. The molecule has 0 atom stereocenters. The average molecular weight is 353 g/mol. The van der Waals surface area contributed by atoms with Gasteiger partial charge in [0.2, 0.25) is 0 Å². The van der Waals surface area contributed by atoms with E-state index in [0.717, 1.165) is 56.3 Å². The fourth-order valence-electron chi connectivity index (χ4n) is 2.94. The molecule has 1 amide bonds. The minimum Gasteiger partial charge on any atom is -0.384 e. The smallest absolute Gasteiger partial charge is 0.255 e. The highest BCUT2D eigenvalue weighted by molar-refractivity contribution is 6.04. The van der Waals surface area contributed by atoms with E-state index in [1.807, 2.05) is 56.3 Å². The number of aryl methyl sites for hydroxylation is 2. The van der Waals surface area contributed by atoms with E-state index in [0.29, 0.717) is 5.56 Å². The second kappa shape index (κ2) is 8.83. The molecule has 0 radical (unpaired) electrons. The van der Waals surface area contributed by atoms with Gasteiger partial charge in [0.15, 0.2) is 0 Å². The van der Waals surface area contributed by atoms with Crippen LogP contribution in [0.2, 0.25) is 0 Å². The Morgan fingerprint density at radius 1 is 1.00 bits per heavy atom. The number of rotatable bonds is 6. The number of morpholine rings is 1. The highest BCUT2D eigenvalue weighted by Gasteiger charge is 2.09. The summed E-state index contributed by atoms with van der Waals surface area (Å²) in [5, 5.41) is 6.37. The van der Waals surface area contributed by atoms with Gasteiger partial charge >= 0.3 is 0 Å². The van der Waals surface area contributed by atoms with Crippen molar-refractivity contribution in [3.63, 3.8) is 0 Å². The molecule has 0 unspecified atom stereocenters. The number of nitrogens with one attached hydrogen (secondary N) is 2. The molecular formula is C21H27N3O2. The third kappa shape index (κ3) is 5.07. The van der Waals surface area contributed by atoms with E-state index in [2.05, 4.69) is 15.5 Å². The Morgan fingerprint density at radius 3 is 2.38 bits per heavy atom. The molecule has 0 aliphatic carbocycles. The molecule has 5 heteroatoms. The van der Waals surface area contributed by atoms with Gasteiger partial charge in [0.1, 0.15) is 0 Å². The van der Waals surface area contributed by atoms with Gasteiger partial charge in [0, 0.05) is 43.1 Å². The molecule has 5 nitrogen and oxygen atoms in total. The lowest BCUT2D eigenvalue weighted by Crippen LogP contribution is -2.38. The monoisotopic (exact) mass is 353 g/mol. The summed E-state index contributed by atoms with van der Waals surface area (Å²) in [6, 6.07) is 13.6. The molecule has 1 aliphatic heterocycles. The Morgan fingerprint density at radius 2 is 1.69 bits per heavy atom. The van der Waals surface area contributed by atoms with Crippen molar-refractivity contribution in [2.75, 3.05) is 50.0 Å². The van der Waals surface area contributed by atoms with Gasteiger partial charge in [-0.25, -0.2) is 0 Å². The molecule has 2 N–H and O–H groups in total. The van der Waals surface area contributed by atoms with Crippen LogP contribution in [0.4, 0.5) is 11.4 Å². The predicted octanol–water partition coefficient (Wildman–Crippen LogP) is 3.30. The molecule has 0 saturated carbocycles. The summed E-state index contributed by atoms with van der Waals surface area (Å²) in [5.41, 5.74) is 4.85. The van der Waals surface area contributed by atoms with E-state index in [1.165, 1.54) is 5.56 Å². The van der Waals surface area contributed by atoms with E-state index < -0.39 is 0 Å². The summed E-state index contributed by atoms with van der Waals surface area (Å²) in [6.45, 7) is 9.63. The van der Waals surface area contributed by atoms with Crippen molar-refractivity contribution >= 4 is 17.3 Å². The van der Waals surface area contributed by atoms with Gasteiger partial charge < -0.3 is 15.4 Å². The van der Waals surface area contributed by atoms with Crippen LogP contribution in [0.5, 0.6) is 0 Å². The predicted molar refractivity (Wildman–Crippen MR) is 106 cm³/mol. The first-order chi connectivity index (χ1) is 12.6. The maximum absolute atomic E-state index is 12.4. The number of carbonyl (C=O) groups is 1. The summed E-state index contributed by atoms with van der Waals surface area (Å²) in [5.74, 6) is -0.0823. The van der Waals surface area contributed by atoms with E-state index in [1.54, 1.807) is 0 Å². The normalized spacial score (nSPS) is 14.8. The number of anilines is 2. The number of hydrogen-bond donors (Lipinski definition) is 2. The summed E-state index contributed by atoms with van der Waals surface area (Å²) >= 11 is 0. The van der Waals surface area contributed by atoms with Crippen molar-refractivity contribution in [3.05, 3.63) is 59.2 Å². The Hall–Kier alpha value is -2.37. The molecule has 1 saturated heterocycles. The molecule has 0 aromatic heterocycles. The molecule has 0 bridgehead atoms. The number of benzene rings is 2. The SMILES string of the molecule is Cc1ccc(C(=O)Nc2ccc(NCCN3CCOCC3)cc2)cc1C. The molecule has 1 aliphatic rings. The first-order valence-electron chi connectivity index (χ1n) is 9.14. The highest BCUT2D eigenvalue weighted by Crippen LogP contribution is 2.16. The molecule has 138 valence electrons. The summed E-state index contributed by atoms with van der Waals surface area (Å²) in [4.78, 5) is 14.8. The second-order valence-corrected chi connectivity index (χ2v) is 6.71. The Kier molecular flexibility index (Phi) is 6.26. The number of hydrogen-bond acceptors (Lipinski definition) is 4. The van der Waals surface area contributed by atoms with Gasteiger partial charge in [-0.1, -0.05) is 6.07 Å². The molecule has 3 rings (SSSR count). The van der Waals surface area contributed by atoms with Gasteiger partial charge in [-0.05, 0) is 61.4 Å². The first-order valence-corrected chi connectivity index (χ1v) is 9.14. The van der Waals surface area contributed by atoms with Crippen LogP contribution in [0, 0.1) is 13.8 Å². The standard InChI is InChI=1S/C21H27N3O2/c1-16-3-4-18(15-17(16)2)21(25)23-20-7-5-19(6-8-20)22-9-10-24-11-13-26-14-12-24/h3-8,15,22H,9-14H2,1-2H3,(H,23,25). The topological polar surface area (TPSA) is 53.6 Å². The van der Waals surface area contributed by atoms with Crippen LogP contribution in [0.15, 0.2) is 42.5 Å². The molecule has 0 spiro atoms. The first kappa shape index (κ1) is 18.4. The highest BCUT2D eigenvalue weighted by atomic mass is 16.5. The van der Waals surface area contributed by atoms with Crippen molar-refractivity contribution in [1.82, 2.24) is 4.90 Å². The lowest BCUT2D eigenvalue weighted by Gasteiger charge is -2.26. The van der Waals surface area contributed by atoms with Gasteiger partial charge in [-0.3, -0.25) is 9.69 Å². The zero-order valence-electron chi connectivity index (χ0n) is 15.5. The number of ether oxygens (including phenoxy) is 1. The van der Waals surface area contributed by atoms with Crippen molar-refractivity contribution < 1.29 is 9.53 Å². The molecule has 1 heterocycles. The maximum atomic E-state index is 12.4. The third-order valence-electron chi connectivity index (χ3n) is 4.77. The lowest BCUT2D eigenvalue weighted by atomic mass is 10.1. The summed E-state index contributed by atoms with van der Waals surface area (Å²) < 4.78 is 5.36. The Bertz CT molecular complexity index is 737. The molecule has 1 fully saturated rings. The minimum atomic E-state index is -0.0823. The van der Waals surface area contributed by atoms with Crippen LogP contribution >= 0.6 is 0 Å². The lowest BCUT2D eigenvalue weighted by molar-refractivity contribution is 0.0398. The van der Waals surface area contributed by atoms with Gasteiger partial charge in [-0.2, -0.15) is 0 Å².